The zero-order valence-corrected chi connectivity index (χ0v) is 10.8. The van der Waals surface area contributed by atoms with Crippen molar-refractivity contribution in [1.29, 1.82) is 0 Å². The average Bonchev–Trinajstić information content (AvgIpc) is 2.16. The second-order valence-corrected chi connectivity index (χ2v) is 6.36. The van der Waals surface area contributed by atoms with Crippen molar-refractivity contribution in [2.45, 2.75) is 44.4 Å². The fourth-order valence-electron chi connectivity index (χ4n) is 1.43. The Balaban J connectivity index is 4.39. The van der Waals surface area contributed by atoms with Gasteiger partial charge in [-0.1, -0.05) is 13.0 Å². The minimum atomic E-state index is -2.96. The second-order valence-electron chi connectivity index (χ2n) is 3.96. The molecule has 0 saturated heterocycles. The van der Waals surface area contributed by atoms with Gasteiger partial charge in [-0.15, -0.1) is 6.58 Å². The molecular formula is C11H23NO2S. The van der Waals surface area contributed by atoms with E-state index in [2.05, 4.69) is 18.8 Å². The van der Waals surface area contributed by atoms with Crippen LogP contribution in [0.2, 0.25) is 0 Å². The number of hydrogen-bond donors (Lipinski definition) is 1. The van der Waals surface area contributed by atoms with Crippen molar-refractivity contribution in [2.24, 2.45) is 0 Å². The molecule has 0 rings (SSSR count). The SMILES string of the molecule is C=CCCC(NCCC)C(C)S(C)(=O)=O. The molecule has 3 nitrogen and oxygen atoms in total. The fraction of sp³-hybridized carbons (Fsp3) is 0.818. The summed E-state index contributed by atoms with van der Waals surface area (Å²) in [7, 11) is -2.96. The Hall–Kier alpha value is -0.350. The lowest BCUT2D eigenvalue weighted by molar-refractivity contribution is 0.462. The molecular weight excluding hydrogens is 210 g/mol. The molecule has 90 valence electrons. The Morgan fingerprint density at radius 3 is 2.47 bits per heavy atom. The lowest BCUT2D eigenvalue weighted by Crippen LogP contribution is -2.42. The molecule has 0 radical (unpaired) electrons. The van der Waals surface area contributed by atoms with Crippen LogP contribution in [0.15, 0.2) is 12.7 Å². The molecule has 0 spiro atoms. The largest absolute Gasteiger partial charge is 0.313 e. The number of rotatable bonds is 8. The van der Waals surface area contributed by atoms with E-state index in [4.69, 9.17) is 0 Å². The third-order valence-corrected chi connectivity index (χ3v) is 4.26. The zero-order valence-electron chi connectivity index (χ0n) is 9.99. The summed E-state index contributed by atoms with van der Waals surface area (Å²) in [6.45, 7) is 8.36. The first kappa shape index (κ1) is 14.6. The predicted octanol–water partition coefficient (Wildman–Crippen LogP) is 1.75. The van der Waals surface area contributed by atoms with E-state index in [-0.39, 0.29) is 11.3 Å². The van der Waals surface area contributed by atoms with Gasteiger partial charge in [0.2, 0.25) is 0 Å². The van der Waals surface area contributed by atoms with Crippen molar-refractivity contribution < 1.29 is 8.42 Å². The van der Waals surface area contributed by atoms with Crippen molar-refractivity contribution in [2.75, 3.05) is 12.8 Å². The van der Waals surface area contributed by atoms with E-state index in [1.165, 1.54) is 6.26 Å². The number of nitrogens with one attached hydrogen (secondary N) is 1. The van der Waals surface area contributed by atoms with Crippen molar-refractivity contribution in [3.05, 3.63) is 12.7 Å². The molecule has 4 heteroatoms. The van der Waals surface area contributed by atoms with Crippen LogP contribution < -0.4 is 5.32 Å². The van der Waals surface area contributed by atoms with Gasteiger partial charge in [0.15, 0.2) is 9.84 Å². The summed E-state index contributed by atoms with van der Waals surface area (Å²) in [6.07, 6.45) is 5.82. The molecule has 0 amide bonds. The van der Waals surface area contributed by atoms with Crippen molar-refractivity contribution in [1.82, 2.24) is 5.32 Å². The molecule has 0 fully saturated rings. The zero-order chi connectivity index (χ0) is 11.9. The Morgan fingerprint density at radius 1 is 1.47 bits per heavy atom. The Labute approximate surface area is 93.9 Å². The first-order valence-corrected chi connectivity index (χ1v) is 7.42. The van der Waals surface area contributed by atoms with Gasteiger partial charge in [-0.3, -0.25) is 0 Å². The molecule has 0 bridgehead atoms. The van der Waals surface area contributed by atoms with Crippen LogP contribution in [0.5, 0.6) is 0 Å². The maximum absolute atomic E-state index is 11.4. The Morgan fingerprint density at radius 2 is 2.07 bits per heavy atom. The molecule has 0 aliphatic rings. The molecule has 15 heavy (non-hydrogen) atoms. The van der Waals surface area contributed by atoms with Crippen molar-refractivity contribution in [3.63, 3.8) is 0 Å². The number of allylic oxidation sites excluding steroid dienone is 1. The molecule has 1 N–H and O–H groups in total. The lowest BCUT2D eigenvalue weighted by Gasteiger charge is -2.23. The number of sulfone groups is 1. The van der Waals surface area contributed by atoms with Crippen LogP contribution in [-0.2, 0) is 9.84 Å². The highest BCUT2D eigenvalue weighted by Gasteiger charge is 2.24. The average molecular weight is 233 g/mol. The third kappa shape index (κ3) is 5.95. The topological polar surface area (TPSA) is 46.2 Å². The van der Waals surface area contributed by atoms with Crippen LogP contribution in [0.3, 0.4) is 0 Å². The van der Waals surface area contributed by atoms with E-state index in [1.54, 1.807) is 6.92 Å². The highest BCUT2D eigenvalue weighted by Crippen LogP contribution is 2.10. The van der Waals surface area contributed by atoms with Gasteiger partial charge in [0.05, 0.1) is 5.25 Å². The summed E-state index contributed by atoms with van der Waals surface area (Å²) >= 11 is 0. The summed E-state index contributed by atoms with van der Waals surface area (Å²) in [6, 6.07) is 0.0398. The molecule has 0 aliphatic carbocycles. The number of hydrogen-bond acceptors (Lipinski definition) is 3. The Kier molecular flexibility index (Phi) is 6.85. The Bertz CT molecular complexity index is 272. The lowest BCUT2D eigenvalue weighted by atomic mass is 10.1. The van der Waals surface area contributed by atoms with Crippen LogP contribution >= 0.6 is 0 Å². The monoisotopic (exact) mass is 233 g/mol. The van der Waals surface area contributed by atoms with E-state index in [9.17, 15) is 8.42 Å². The molecule has 0 aliphatic heterocycles. The molecule has 2 atom stereocenters. The standard InChI is InChI=1S/C11H23NO2S/c1-5-7-8-11(12-9-6-2)10(3)15(4,13)14/h5,10-12H,1,6-9H2,2-4H3. The third-order valence-electron chi connectivity index (χ3n) is 2.58. The molecule has 0 aromatic heterocycles. The molecule has 0 saturated carbocycles. The summed E-state index contributed by atoms with van der Waals surface area (Å²) in [5, 5.41) is 2.95. The normalized spacial score (nSPS) is 15.9. The van der Waals surface area contributed by atoms with Crippen LogP contribution in [-0.4, -0.2) is 32.5 Å². The van der Waals surface area contributed by atoms with Gasteiger partial charge < -0.3 is 5.32 Å². The highest BCUT2D eigenvalue weighted by atomic mass is 32.2. The maximum atomic E-state index is 11.4. The van der Waals surface area contributed by atoms with Gasteiger partial charge >= 0.3 is 0 Å². The van der Waals surface area contributed by atoms with Gasteiger partial charge in [-0.05, 0) is 32.7 Å². The van der Waals surface area contributed by atoms with Gasteiger partial charge in [0.1, 0.15) is 0 Å². The predicted molar refractivity (Wildman–Crippen MR) is 65.8 cm³/mol. The van der Waals surface area contributed by atoms with E-state index < -0.39 is 9.84 Å². The summed E-state index contributed by atoms with van der Waals surface area (Å²) < 4.78 is 22.9. The maximum Gasteiger partial charge on any atom is 0.151 e. The quantitative estimate of drug-likeness (QED) is 0.650. The van der Waals surface area contributed by atoms with Crippen molar-refractivity contribution >= 4 is 9.84 Å². The smallest absolute Gasteiger partial charge is 0.151 e. The van der Waals surface area contributed by atoms with Crippen LogP contribution in [0, 0.1) is 0 Å². The van der Waals surface area contributed by atoms with E-state index in [1.807, 2.05) is 6.08 Å². The first-order valence-electron chi connectivity index (χ1n) is 5.46. The van der Waals surface area contributed by atoms with Crippen LogP contribution in [0.25, 0.3) is 0 Å². The van der Waals surface area contributed by atoms with E-state index >= 15 is 0 Å². The van der Waals surface area contributed by atoms with Crippen LogP contribution in [0.1, 0.15) is 33.1 Å². The minimum Gasteiger partial charge on any atom is -0.313 e. The first-order chi connectivity index (χ1) is 6.93. The van der Waals surface area contributed by atoms with Crippen LogP contribution in [0.4, 0.5) is 0 Å². The van der Waals surface area contributed by atoms with Gasteiger partial charge in [0.25, 0.3) is 0 Å². The molecule has 0 aromatic rings. The summed E-state index contributed by atoms with van der Waals surface area (Å²) in [5.41, 5.74) is 0. The molecule has 0 aromatic carbocycles. The minimum absolute atomic E-state index is 0.0398. The second kappa shape index (κ2) is 7.01. The van der Waals surface area contributed by atoms with E-state index in [0.29, 0.717) is 0 Å². The van der Waals surface area contributed by atoms with Gasteiger partial charge in [-0.25, -0.2) is 8.42 Å². The summed E-state index contributed by atoms with van der Waals surface area (Å²) in [4.78, 5) is 0. The molecule has 0 heterocycles. The summed E-state index contributed by atoms with van der Waals surface area (Å²) in [5.74, 6) is 0. The molecule has 2 unspecified atom stereocenters. The van der Waals surface area contributed by atoms with Crippen molar-refractivity contribution in [3.8, 4) is 0 Å². The highest BCUT2D eigenvalue weighted by molar-refractivity contribution is 7.91. The van der Waals surface area contributed by atoms with Gasteiger partial charge in [0, 0.05) is 12.3 Å². The fourth-order valence-corrected chi connectivity index (χ4v) is 2.26. The van der Waals surface area contributed by atoms with Gasteiger partial charge in [-0.2, -0.15) is 0 Å². The van der Waals surface area contributed by atoms with E-state index in [0.717, 1.165) is 25.8 Å².